The molecule has 4 nitrogen and oxygen atoms in total. The second kappa shape index (κ2) is 8.51. The van der Waals surface area contributed by atoms with Crippen molar-refractivity contribution in [2.45, 2.75) is 26.4 Å². The van der Waals surface area contributed by atoms with Crippen molar-refractivity contribution in [2.75, 3.05) is 47.5 Å². The molecule has 0 aliphatic carbocycles. The number of hydrogen-bond acceptors (Lipinski definition) is 4. The molecule has 0 radical (unpaired) electrons. The average molecular weight is 306 g/mol. The standard InChI is InChI=1S/C18H30N2O2/c1-5-22-18-7-6-15(10-17(18)13-19(2)3)11-20(4)12-16-8-9-21-14-16/h6-7,10,16H,5,8-9,11-14H2,1-4H3/t16-/m0/s1. The third-order valence-electron chi connectivity index (χ3n) is 3.96. The van der Waals surface area contributed by atoms with Crippen LogP contribution in [-0.2, 0) is 17.8 Å². The molecule has 1 aromatic rings. The Hall–Kier alpha value is -1.10. The maximum atomic E-state index is 5.75. The van der Waals surface area contributed by atoms with Gasteiger partial charge in [0, 0.05) is 31.8 Å². The van der Waals surface area contributed by atoms with E-state index < -0.39 is 0 Å². The Morgan fingerprint density at radius 2 is 2.05 bits per heavy atom. The summed E-state index contributed by atoms with van der Waals surface area (Å²) in [5.41, 5.74) is 2.61. The van der Waals surface area contributed by atoms with Crippen LogP contribution in [0.15, 0.2) is 18.2 Å². The van der Waals surface area contributed by atoms with Gasteiger partial charge < -0.3 is 19.3 Å². The summed E-state index contributed by atoms with van der Waals surface area (Å²) in [6, 6.07) is 6.59. The first kappa shape index (κ1) is 17.3. The first-order chi connectivity index (χ1) is 10.6. The molecule has 4 heteroatoms. The van der Waals surface area contributed by atoms with Gasteiger partial charge in [-0.05, 0) is 58.1 Å². The van der Waals surface area contributed by atoms with Crippen LogP contribution in [0.25, 0.3) is 0 Å². The molecule has 1 aliphatic heterocycles. The van der Waals surface area contributed by atoms with Gasteiger partial charge in [0.1, 0.15) is 5.75 Å². The van der Waals surface area contributed by atoms with Crippen LogP contribution in [0.2, 0.25) is 0 Å². The average Bonchev–Trinajstić information content (AvgIpc) is 2.94. The van der Waals surface area contributed by atoms with Crippen molar-refractivity contribution < 1.29 is 9.47 Å². The zero-order valence-corrected chi connectivity index (χ0v) is 14.5. The lowest BCUT2D eigenvalue weighted by atomic mass is 10.1. The molecule has 1 fully saturated rings. The fourth-order valence-electron chi connectivity index (χ4n) is 3.04. The fraction of sp³-hybridized carbons (Fsp3) is 0.667. The molecular formula is C18H30N2O2. The topological polar surface area (TPSA) is 24.9 Å². The zero-order chi connectivity index (χ0) is 15.9. The minimum absolute atomic E-state index is 0.689. The predicted octanol–water partition coefficient (Wildman–Crippen LogP) is 2.62. The van der Waals surface area contributed by atoms with E-state index in [-0.39, 0.29) is 0 Å². The van der Waals surface area contributed by atoms with Gasteiger partial charge in [-0.1, -0.05) is 6.07 Å². The summed E-state index contributed by atoms with van der Waals surface area (Å²) in [4.78, 5) is 4.58. The van der Waals surface area contributed by atoms with Gasteiger partial charge in [-0.15, -0.1) is 0 Å². The van der Waals surface area contributed by atoms with Crippen molar-refractivity contribution in [1.29, 1.82) is 0 Å². The lowest BCUT2D eigenvalue weighted by molar-refractivity contribution is 0.173. The van der Waals surface area contributed by atoms with E-state index in [4.69, 9.17) is 9.47 Å². The van der Waals surface area contributed by atoms with E-state index in [9.17, 15) is 0 Å². The molecule has 0 amide bonds. The molecule has 1 heterocycles. The summed E-state index contributed by atoms with van der Waals surface area (Å²) in [5.74, 6) is 1.70. The Morgan fingerprint density at radius 3 is 2.68 bits per heavy atom. The summed E-state index contributed by atoms with van der Waals surface area (Å²) in [7, 11) is 6.38. The van der Waals surface area contributed by atoms with Gasteiger partial charge in [0.15, 0.2) is 0 Å². The molecule has 0 spiro atoms. The van der Waals surface area contributed by atoms with Crippen LogP contribution in [0, 0.1) is 5.92 Å². The Bertz CT molecular complexity index is 456. The normalized spacial score (nSPS) is 18.4. The highest BCUT2D eigenvalue weighted by atomic mass is 16.5. The highest BCUT2D eigenvalue weighted by Crippen LogP contribution is 2.23. The monoisotopic (exact) mass is 306 g/mol. The third kappa shape index (κ3) is 5.27. The Morgan fingerprint density at radius 1 is 1.23 bits per heavy atom. The Balaban J connectivity index is 2.00. The molecule has 1 saturated heterocycles. The smallest absolute Gasteiger partial charge is 0.123 e. The van der Waals surface area contributed by atoms with E-state index in [1.165, 1.54) is 17.5 Å². The summed E-state index contributed by atoms with van der Waals surface area (Å²) in [6.07, 6.45) is 1.19. The molecular weight excluding hydrogens is 276 g/mol. The third-order valence-corrected chi connectivity index (χ3v) is 3.96. The molecule has 124 valence electrons. The minimum atomic E-state index is 0.689. The molecule has 22 heavy (non-hydrogen) atoms. The molecule has 1 aliphatic rings. The Labute approximate surface area is 135 Å². The van der Waals surface area contributed by atoms with E-state index in [0.29, 0.717) is 12.5 Å². The van der Waals surface area contributed by atoms with Crippen molar-refractivity contribution in [1.82, 2.24) is 9.80 Å². The maximum absolute atomic E-state index is 5.75. The van der Waals surface area contributed by atoms with E-state index in [1.807, 2.05) is 6.92 Å². The van der Waals surface area contributed by atoms with Crippen molar-refractivity contribution >= 4 is 0 Å². The fourth-order valence-corrected chi connectivity index (χ4v) is 3.04. The van der Waals surface area contributed by atoms with Gasteiger partial charge in [0.2, 0.25) is 0 Å². The first-order valence-corrected chi connectivity index (χ1v) is 8.24. The lowest BCUT2D eigenvalue weighted by Gasteiger charge is -2.21. The van der Waals surface area contributed by atoms with Crippen LogP contribution in [0.5, 0.6) is 5.75 Å². The molecule has 1 atom stereocenters. The molecule has 0 bridgehead atoms. The van der Waals surface area contributed by atoms with Crippen LogP contribution < -0.4 is 4.74 Å². The number of benzene rings is 1. The maximum Gasteiger partial charge on any atom is 0.123 e. The number of hydrogen-bond donors (Lipinski definition) is 0. The van der Waals surface area contributed by atoms with Crippen LogP contribution >= 0.6 is 0 Å². The van der Waals surface area contributed by atoms with E-state index in [1.54, 1.807) is 0 Å². The second-order valence-corrected chi connectivity index (χ2v) is 6.54. The number of ether oxygens (including phenoxy) is 2. The van der Waals surface area contributed by atoms with Gasteiger partial charge in [-0.3, -0.25) is 0 Å². The van der Waals surface area contributed by atoms with Gasteiger partial charge in [0.05, 0.1) is 13.2 Å². The first-order valence-electron chi connectivity index (χ1n) is 8.24. The van der Waals surface area contributed by atoms with Gasteiger partial charge in [-0.25, -0.2) is 0 Å². The minimum Gasteiger partial charge on any atom is -0.494 e. The molecule has 0 saturated carbocycles. The quantitative estimate of drug-likeness (QED) is 0.737. The Kier molecular flexibility index (Phi) is 6.68. The second-order valence-electron chi connectivity index (χ2n) is 6.54. The summed E-state index contributed by atoms with van der Waals surface area (Å²) in [5, 5.41) is 0. The van der Waals surface area contributed by atoms with Gasteiger partial charge in [-0.2, -0.15) is 0 Å². The van der Waals surface area contributed by atoms with E-state index in [0.717, 1.165) is 38.6 Å². The van der Waals surface area contributed by atoms with Gasteiger partial charge >= 0.3 is 0 Å². The van der Waals surface area contributed by atoms with E-state index in [2.05, 4.69) is 49.1 Å². The summed E-state index contributed by atoms with van der Waals surface area (Å²) in [6.45, 7) is 7.57. The zero-order valence-electron chi connectivity index (χ0n) is 14.5. The van der Waals surface area contributed by atoms with Crippen molar-refractivity contribution in [3.8, 4) is 5.75 Å². The summed E-state index contributed by atoms with van der Waals surface area (Å²) < 4.78 is 11.2. The largest absolute Gasteiger partial charge is 0.494 e. The molecule has 2 rings (SSSR count). The molecule has 0 unspecified atom stereocenters. The highest BCUT2D eigenvalue weighted by molar-refractivity contribution is 5.37. The van der Waals surface area contributed by atoms with Crippen LogP contribution in [0.1, 0.15) is 24.5 Å². The van der Waals surface area contributed by atoms with Crippen molar-refractivity contribution in [3.63, 3.8) is 0 Å². The lowest BCUT2D eigenvalue weighted by Crippen LogP contribution is -2.25. The van der Waals surface area contributed by atoms with E-state index >= 15 is 0 Å². The summed E-state index contributed by atoms with van der Waals surface area (Å²) >= 11 is 0. The SMILES string of the molecule is CCOc1ccc(CN(C)C[C@@H]2CCOC2)cc1CN(C)C. The molecule has 1 aromatic carbocycles. The van der Waals surface area contributed by atoms with Crippen molar-refractivity contribution in [2.24, 2.45) is 5.92 Å². The van der Waals surface area contributed by atoms with Crippen LogP contribution in [0.3, 0.4) is 0 Å². The van der Waals surface area contributed by atoms with Crippen LogP contribution in [0.4, 0.5) is 0 Å². The van der Waals surface area contributed by atoms with Gasteiger partial charge in [0.25, 0.3) is 0 Å². The molecule has 0 N–H and O–H groups in total. The number of nitrogens with zero attached hydrogens (tertiary/aromatic N) is 2. The number of rotatable bonds is 8. The molecule has 0 aromatic heterocycles. The predicted molar refractivity (Wildman–Crippen MR) is 90.3 cm³/mol. The van der Waals surface area contributed by atoms with Crippen molar-refractivity contribution in [3.05, 3.63) is 29.3 Å². The van der Waals surface area contributed by atoms with Crippen LogP contribution in [-0.4, -0.2) is 57.3 Å². The highest BCUT2D eigenvalue weighted by Gasteiger charge is 2.17.